The normalized spacial score (nSPS) is 13.9. The summed E-state index contributed by atoms with van der Waals surface area (Å²) in [5.41, 5.74) is 5.38. The molecule has 0 saturated heterocycles. The van der Waals surface area contributed by atoms with E-state index in [9.17, 15) is 19.0 Å². The molecule has 10 heteroatoms. The van der Waals surface area contributed by atoms with Crippen molar-refractivity contribution >= 4 is 19.8 Å². The largest absolute Gasteiger partial charge is 0.472 e. The molecule has 3 N–H and O–H groups in total. The number of allylic oxidation sites excluding steroid dienone is 22. The summed E-state index contributed by atoms with van der Waals surface area (Å²) in [4.78, 5) is 35.2. The van der Waals surface area contributed by atoms with Crippen LogP contribution in [0.5, 0.6) is 0 Å². The minimum atomic E-state index is -4.40. The van der Waals surface area contributed by atoms with Gasteiger partial charge in [0, 0.05) is 19.4 Å². The maximum Gasteiger partial charge on any atom is 0.472 e. The van der Waals surface area contributed by atoms with Crippen molar-refractivity contribution in [2.24, 2.45) is 5.73 Å². The molecule has 0 spiro atoms. The SMILES string of the molecule is CC/C=C\C/C=C\C/C=C\C/C=C\C/C=C\C/C=C\C/C=C\C/C=C\C/C=C\C/C=C\C/C=C\CCCCCCCC(=O)OC(COC(=O)CCCCCCCCCCCCCCCCCCCCC)COP(=O)(O)OCCN. The van der Waals surface area contributed by atoms with Crippen LogP contribution in [-0.4, -0.2) is 49.3 Å². The van der Waals surface area contributed by atoms with E-state index in [2.05, 4.69) is 148 Å². The van der Waals surface area contributed by atoms with Crippen molar-refractivity contribution in [3.63, 3.8) is 0 Å². The Morgan fingerprint density at radius 2 is 0.696 bits per heavy atom. The molecule has 2 atom stereocenters. The van der Waals surface area contributed by atoms with Crippen molar-refractivity contribution in [1.82, 2.24) is 0 Å². The van der Waals surface area contributed by atoms with Gasteiger partial charge in [0.1, 0.15) is 6.61 Å². The Morgan fingerprint density at radius 1 is 0.392 bits per heavy atom. The first-order valence-electron chi connectivity index (χ1n) is 31.7. The Balaban J connectivity index is 4.03. The number of hydrogen-bond donors (Lipinski definition) is 2. The zero-order valence-corrected chi connectivity index (χ0v) is 51.2. The predicted molar refractivity (Wildman–Crippen MR) is 339 cm³/mol. The Kier molecular flexibility index (Phi) is 60.2. The number of ether oxygens (including phenoxy) is 2. The Labute approximate surface area is 484 Å². The summed E-state index contributed by atoms with van der Waals surface area (Å²) in [5.74, 6) is -0.850. The first-order chi connectivity index (χ1) is 38.8. The fourth-order valence-corrected chi connectivity index (χ4v) is 9.17. The number of phosphoric ester groups is 1. The monoisotopic (exact) mass is 1120 g/mol. The summed E-state index contributed by atoms with van der Waals surface area (Å²) in [6.07, 6.45) is 89.5. The van der Waals surface area contributed by atoms with Crippen molar-refractivity contribution in [2.75, 3.05) is 26.4 Å². The van der Waals surface area contributed by atoms with E-state index in [0.29, 0.717) is 6.42 Å². The second-order valence-corrected chi connectivity index (χ2v) is 22.0. The molecule has 0 aromatic rings. The molecule has 2 unspecified atom stereocenters. The van der Waals surface area contributed by atoms with Crippen LogP contribution >= 0.6 is 7.82 Å². The molecular formula is C69H116NO8P. The van der Waals surface area contributed by atoms with Crippen LogP contribution in [0.15, 0.2) is 134 Å². The summed E-state index contributed by atoms with van der Waals surface area (Å²) < 4.78 is 33.0. The number of rotatable bonds is 58. The lowest BCUT2D eigenvalue weighted by Crippen LogP contribution is -2.29. The molecule has 9 nitrogen and oxygen atoms in total. The molecule has 0 amide bonds. The van der Waals surface area contributed by atoms with E-state index in [0.717, 1.165) is 122 Å². The van der Waals surface area contributed by atoms with E-state index < -0.39 is 26.5 Å². The third kappa shape index (κ3) is 63.2. The summed E-state index contributed by atoms with van der Waals surface area (Å²) in [6.45, 7) is 3.62. The summed E-state index contributed by atoms with van der Waals surface area (Å²) in [7, 11) is -4.40. The van der Waals surface area contributed by atoms with Gasteiger partial charge in [-0.1, -0.05) is 282 Å². The average molecular weight is 1120 g/mol. The van der Waals surface area contributed by atoms with Gasteiger partial charge in [0.25, 0.3) is 0 Å². The van der Waals surface area contributed by atoms with E-state index in [1.165, 1.54) is 103 Å². The predicted octanol–water partition coefficient (Wildman–Crippen LogP) is 20.5. The highest BCUT2D eigenvalue weighted by molar-refractivity contribution is 7.47. The molecule has 450 valence electrons. The van der Waals surface area contributed by atoms with Gasteiger partial charge in [0.15, 0.2) is 6.10 Å². The van der Waals surface area contributed by atoms with Gasteiger partial charge < -0.3 is 20.1 Å². The third-order valence-electron chi connectivity index (χ3n) is 13.1. The first kappa shape index (κ1) is 75.2. The molecule has 0 radical (unpaired) electrons. The Morgan fingerprint density at radius 3 is 1.04 bits per heavy atom. The van der Waals surface area contributed by atoms with E-state index in [4.69, 9.17) is 24.3 Å². The van der Waals surface area contributed by atoms with Gasteiger partial charge in [-0.3, -0.25) is 18.6 Å². The molecule has 0 heterocycles. The number of esters is 2. The Bertz CT molecular complexity index is 1750. The minimum Gasteiger partial charge on any atom is -0.462 e. The smallest absolute Gasteiger partial charge is 0.462 e. The highest BCUT2D eigenvalue weighted by atomic mass is 31.2. The number of carbonyl (C=O) groups excluding carboxylic acids is 2. The second kappa shape index (κ2) is 63.3. The molecule has 0 aromatic heterocycles. The number of nitrogens with two attached hydrogens (primary N) is 1. The highest BCUT2D eigenvalue weighted by Crippen LogP contribution is 2.43. The molecular weight excluding hydrogens is 1000 g/mol. The standard InChI is InChI=1S/C69H116NO8P/c1-3-5-7-9-11-13-15-17-19-21-23-24-25-26-27-28-29-30-31-32-33-34-35-36-37-38-39-40-41-42-44-46-48-50-52-54-56-58-60-62-69(72)78-67(66-77-79(73,74)76-64-63-70)65-75-68(71)61-59-57-55-53-51-49-47-45-43-22-20-18-16-14-12-10-8-6-4-2/h5,7,11,13,17,19,23-24,26-27,29-30,32-33,35-36,38-39,41-42,46,48,67H,3-4,6,8-10,12,14-16,18,20-22,25,28,31,34,37,40,43-45,47,49-66,70H2,1-2H3,(H,73,74)/b7-5-,13-11-,19-17-,24-23-,27-26-,30-29-,33-32-,36-35-,39-38-,42-41-,48-46-. The maximum absolute atomic E-state index is 12.7. The molecule has 0 aliphatic heterocycles. The zero-order chi connectivity index (χ0) is 57.3. The molecule has 79 heavy (non-hydrogen) atoms. The molecule has 0 aromatic carbocycles. The zero-order valence-electron chi connectivity index (χ0n) is 50.3. The van der Waals surface area contributed by atoms with Crippen molar-refractivity contribution in [3.8, 4) is 0 Å². The molecule has 0 fully saturated rings. The first-order valence-corrected chi connectivity index (χ1v) is 33.2. The van der Waals surface area contributed by atoms with E-state index in [-0.39, 0.29) is 38.6 Å². The number of hydrogen-bond acceptors (Lipinski definition) is 8. The van der Waals surface area contributed by atoms with Crippen LogP contribution in [0.4, 0.5) is 0 Å². The number of phosphoric acid groups is 1. The van der Waals surface area contributed by atoms with Crippen molar-refractivity contribution in [2.45, 2.75) is 264 Å². The average Bonchev–Trinajstić information content (AvgIpc) is 3.44. The summed E-state index contributed by atoms with van der Waals surface area (Å²) in [6, 6.07) is 0. The van der Waals surface area contributed by atoms with E-state index >= 15 is 0 Å². The topological polar surface area (TPSA) is 134 Å². The van der Waals surface area contributed by atoms with Gasteiger partial charge >= 0.3 is 19.8 Å². The number of carbonyl (C=O) groups is 2. The van der Waals surface area contributed by atoms with Crippen LogP contribution in [0, 0.1) is 0 Å². The molecule has 0 aliphatic carbocycles. The summed E-state index contributed by atoms with van der Waals surface area (Å²) in [5, 5.41) is 0. The maximum atomic E-state index is 12.7. The molecule has 0 bridgehead atoms. The van der Waals surface area contributed by atoms with Gasteiger partial charge in [-0.2, -0.15) is 0 Å². The van der Waals surface area contributed by atoms with Gasteiger partial charge in [0.05, 0.1) is 13.2 Å². The van der Waals surface area contributed by atoms with Gasteiger partial charge in [-0.15, -0.1) is 0 Å². The lowest BCUT2D eigenvalue weighted by atomic mass is 10.0. The van der Waals surface area contributed by atoms with Crippen LogP contribution in [0.25, 0.3) is 0 Å². The Hall–Kier alpha value is -3.85. The number of unbranched alkanes of at least 4 members (excludes halogenated alkanes) is 23. The summed E-state index contributed by atoms with van der Waals surface area (Å²) >= 11 is 0. The quantitative estimate of drug-likeness (QED) is 0.0264. The van der Waals surface area contributed by atoms with Gasteiger partial charge in [-0.05, 0) is 96.3 Å². The van der Waals surface area contributed by atoms with Gasteiger partial charge in [0.2, 0.25) is 0 Å². The second-order valence-electron chi connectivity index (χ2n) is 20.6. The lowest BCUT2D eigenvalue weighted by molar-refractivity contribution is -0.161. The van der Waals surface area contributed by atoms with Crippen LogP contribution in [-0.2, 0) is 32.7 Å². The van der Waals surface area contributed by atoms with Crippen LogP contribution in [0.3, 0.4) is 0 Å². The lowest BCUT2D eigenvalue weighted by Gasteiger charge is -2.19. The van der Waals surface area contributed by atoms with Crippen molar-refractivity contribution < 1.29 is 37.6 Å². The highest BCUT2D eigenvalue weighted by Gasteiger charge is 2.26. The minimum absolute atomic E-state index is 0.0447. The van der Waals surface area contributed by atoms with E-state index in [1.807, 2.05) is 0 Å². The van der Waals surface area contributed by atoms with Gasteiger partial charge in [-0.25, -0.2) is 4.57 Å². The molecule has 0 aliphatic rings. The fourth-order valence-electron chi connectivity index (χ4n) is 8.41. The van der Waals surface area contributed by atoms with Crippen LogP contribution in [0.1, 0.15) is 258 Å². The van der Waals surface area contributed by atoms with Crippen LogP contribution < -0.4 is 5.73 Å². The molecule has 0 rings (SSSR count). The molecule has 0 saturated carbocycles. The van der Waals surface area contributed by atoms with Crippen molar-refractivity contribution in [1.29, 1.82) is 0 Å². The van der Waals surface area contributed by atoms with Crippen LogP contribution in [0.2, 0.25) is 0 Å². The fraction of sp³-hybridized carbons (Fsp3) is 0.652. The third-order valence-corrected chi connectivity index (χ3v) is 14.0. The van der Waals surface area contributed by atoms with Crippen molar-refractivity contribution in [3.05, 3.63) is 134 Å². The van der Waals surface area contributed by atoms with E-state index in [1.54, 1.807) is 0 Å².